The van der Waals surface area contributed by atoms with Crippen LogP contribution in [0.15, 0.2) is 66.7 Å². The lowest BCUT2D eigenvalue weighted by atomic mass is 9.82. The Kier molecular flexibility index (Phi) is 17.7. The Labute approximate surface area is 282 Å². The first-order valence-electron chi connectivity index (χ1n) is 16.8. The van der Waals surface area contributed by atoms with Gasteiger partial charge in [0.25, 0.3) is 0 Å². The van der Waals surface area contributed by atoms with Gasteiger partial charge in [-0.15, -0.1) is 0 Å². The van der Waals surface area contributed by atoms with Gasteiger partial charge in [-0.05, 0) is 55.5 Å². The topological polar surface area (TPSA) is 190 Å². The molecule has 0 saturated heterocycles. The molecule has 6 N–H and O–H groups in total. The molecule has 0 aromatic heterocycles. The number of hydrogen-bond acceptors (Lipinski definition) is 7. The van der Waals surface area contributed by atoms with E-state index in [2.05, 4.69) is 17.6 Å². The van der Waals surface area contributed by atoms with Crippen LogP contribution in [0.2, 0.25) is 0 Å². The maximum Gasteiger partial charge on any atom is 0.337 e. The second kappa shape index (κ2) is 21.4. The van der Waals surface area contributed by atoms with Gasteiger partial charge in [0.15, 0.2) is 5.60 Å². The number of unbranched alkanes of at least 4 members (excludes halogenated alkanes) is 8. The molecule has 262 valence electrons. The molecular weight excluding hydrogens is 616 g/mol. The van der Waals surface area contributed by atoms with Gasteiger partial charge in [0, 0.05) is 30.6 Å². The summed E-state index contributed by atoms with van der Waals surface area (Å²) < 4.78 is 0. The number of rotatable bonds is 25. The number of carboxylic acids is 3. The first-order valence-corrected chi connectivity index (χ1v) is 16.8. The van der Waals surface area contributed by atoms with E-state index in [9.17, 15) is 44.4 Å². The number of amides is 1. The van der Waals surface area contributed by atoms with Crippen LogP contribution in [0.25, 0.3) is 0 Å². The molecular formula is C37H50N2O9. The summed E-state index contributed by atoms with van der Waals surface area (Å²) in [5, 5.41) is 45.4. The molecule has 48 heavy (non-hydrogen) atoms. The van der Waals surface area contributed by atoms with Crippen LogP contribution in [0.4, 0.5) is 11.4 Å². The maximum absolute atomic E-state index is 13.4. The number of hydrogen-bond donors (Lipinski definition) is 6. The second-order valence-electron chi connectivity index (χ2n) is 12.2. The van der Waals surface area contributed by atoms with E-state index in [-0.39, 0.29) is 12.2 Å². The minimum Gasteiger partial charge on any atom is -0.481 e. The fourth-order valence-electron chi connectivity index (χ4n) is 5.34. The molecule has 0 bridgehead atoms. The summed E-state index contributed by atoms with van der Waals surface area (Å²) in [6.07, 6.45) is 11.3. The third kappa shape index (κ3) is 14.5. The lowest BCUT2D eigenvalue weighted by Crippen LogP contribution is -2.55. The summed E-state index contributed by atoms with van der Waals surface area (Å²) in [4.78, 5) is 61.1. The minimum absolute atomic E-state index is 0.144. The number of nitrogens with one attached hydrogen (secondary N) is 2. The Morgan fingerprint density at radius 1 is 0.771 bits per heavy atom. The molecule has 0 spiro atoms. The van der Waals surface area contributed by atoms with E-state index in [4.69, 9.17) is 0 Å². The zero-order valence-corrected chi connectivity index (χ0v) is 27.7. The molecule has 2 rings (SSSR count). The number of benzene rings is 2. The number of carboxylic acid groups (broad SMARTS) is 3. The summed E-state index contributed by atoms with van der Waals surface area (Å²) in [6.45, 7) is 2.15. The van der Waals surface area contributed by atoms with Gasteiger partial charge in [0.05, 0.1) is 12.3 Å². The molecule has 2 aromatic carbocycles. The zero-order valence-electron chi connectivity index (χ0n) is 27.7. The summed E-state index contributed by atoms with van der Waals surface area (Å²) in [6, 6.07) is 14.8. The Morgan fingerprint density at radius 2 is 1.35 bits per heavy atom. The van der Waals surface area contributed by atoms with Crippen LogP contribution in [0.1, 0.15) is 96.0 Å². The van der Waals surface area contributed by atoms with Crippen molar-refractivity contribution in [3.63, 3.8) is 0 Å². The summed E-state index contributed by atoms with van der Waals surface area (Å²) in [5.41, 5.74) is -0.825. The monoisotopic (exact) mass is 666 g/mol. The first kappa shape index (κ1) is 39.7. The molecule has 0 saturated carbocycles. The van der Waals surface area contributed by atoms with Crippen LogP contribution >= 0.6 is 0 Å². The van der Waals surface area contributed by atoms with E-state index in [0.717, 1.165) is 62.4 Å². The predicted octanol–water partition coefficient (Wildman–Crippen LogP) is 6.28. The van der Waals surface area contributed by atoms with Crippen molar-refractivity contribution in [2.45, 2.75) is 108 Å². The van der Waals surface area contributed by atoms with Crippen LogP contribution in [0.5, 0.6) is 0 Å². The van der Waals surface area contributed by atoms with Crippen molar-refractivity contribution in [3.8, 4) is 0 Å². The van der Waals surface area contributed by atoms with Crippen LogP contribution in [-0.2, 0) is 30.4 Å². The van der Waals surface area contributed by atoms with Crippen LogP contribution in [-0.4, -0.2) is 61.7 Å². The molecule has 11 heteroatoms. The largest absolute Gasteiger partial charge is 0.481 e. The average Bonchev–Trinajstić information content (AvgIpc) is 3.04. The van der Waals surface area contributed by atoms with Crippen LogP contribution in [0.3, 0.4) is 0 Å². The third-order valence-electron chi connectivity index (χ3n) is 8.12. The quantitative estimate of drug-likeness (QED) is 0.0520. The number of anilines is 2. The lowest BCUT2D eigenvalue weighted by molar-refractivity contribution is -0.172. The van der Waals surface area contributed by atoms with E-state index >= 15 is 0 Å². The Bertz CT molecular complexity index is 1340. The molecule has 2 aromatic rings. The number of carbonyl (C=O) groups is 5. The number of Topliss-reactive ketones (excluding diaryl/α,β-unsaturated/α-hetero) is 1. The predicted molar refractivity (Wildman–Crippen MR) is 183 cm³/mol. The van der Waals surface area contributed by atoms with E-state index < -0.39 is 47.8 Å². The SMILES string of the molecule is CCCCCCCC(=O)CCCCCCC=C[C@H](C(=O)N[C@@H](Cc1ccc(Nc2ccccc2)cc1)C(=O)O)[C@@](O)(CC(=O)O)C(=O)O. The second-order valence-corrected chi connectivity index (χ2v) is 12.2. The molecule has 1 amide bonds. The molecule has 0 radical (unpaired) electrons. The normalized spacial score (nSPS) is 13.7. The number of aliphatic carboxylic acids is 3. The van der Waals surface area contributed by atoms with E-state index in [0.29, 0.717) is 31.2 Å². The van der Waals surface area contributed by atoms with Crippen molar-refractivity contribution < 1.29 is 44.4 Å². The number of ketones is 1. The van der Waals surface area contributed by atoms with Crippen molar-refractivity contribution >= 4 is 41.0 Å². The van der Waals surface area contributed by atoms with Crippen molar-refractivity contribution in [2.75, 3.05) is 5.32 Å². The summed E-state index contributed by atoms with van der Waals surface area (Å²) >= 11 is 0. The van der Waals surface area contributed by atoms with Crippen molar-refractivity contribution in [2.24, 2.45) is 5.92 Å². The zero-order chi connectivity index (χ0) is 35.4. The Hall–Kier alpha value is -4.51. The highest BCUT2D eigenvalue weighted by Crippen LogP contribution is 2.26. The molecule has 0 aliphatic heterocycles. The highest BCUT2D eigenvalue weighted by Gasteiger charge is 2.49. The van der Waals surface area contributed by atoms with Gasteiger partial charge in [0.2, 0.25) is 5.91 Å². The number of carbonyl (C=O) groups excluding carboxylic acids is 2. The van der Waals surface area contributed by atoms with Gasteiger partial charge in [-0.2, -0.15) is 0 Å². The molecule has 0 unspecified atom stereocenters. The number of allylic oxidation sites excluding steroid dienone is 1. The molecule has 0 aliphatic rings. The fraction of sp³-hybridized carbons (Fsp3) is 0.486. The van der Waals surface area contributed by atoms with Gasteiger partial charge in [-0.25, -0.2) is 9.59 Å². The minimum atomic E-state index is -3.02. The van der Waals surface area contributed by atoms with Gasteiger partial charge in [-0.1, -0.05) is 87.9 Å². The van der Waals surface area contributed by atoms with E-state index in [1.54, 1.807) is 24.3 Å². The van der Waals surface area contributed by atoms with Crippen molar-refractivity contribution in [3.05, 3.63) is 72.3 Å². The smallest absolute Gasteiger partial charge is 0.337 e. The van der Waals surface area contributed by atoms with E-state index in [1.165, 1.54) is 12.5 Å². The van der Waals surface area contributed by atoms with Crippen molar-refractivity contribution in [1.29, 1.82) is 0 Å². The molecule has 0 fully saturated rings. The molecule has 0 heterocycles. The van der Waals surface area contributed by atoms with Gasteiger partial charge in [0.1, 0.15) is 11.8 Å². The van der Waals surface area contributed by atoms with Gasteiger partial charge in [-0.3, -0.25) is 14.4 Å². The van der Waals surface area contributed by atoms with Gasteiger partial charge < -0.3 is 31.1 Å². The first-order chi connectivity index (χ1) is 23.0. The third-order valence-corrected chi connectivity index (χ3v) is 8.12. The van der Waals surface area contributed by atoms with Crippen LogP contribution < -0.4 is 10.6 Å². The standard InChI is InChI=1S/C37H50N2O9/c1-2-3-4-7-13-18-30(40)19-14-8-5-6-9-15-20-31(37(48,36(46)47)26-33(41)42)34(43)39-32(35(44)45)25-27-21-23-29(24-22-27)38-28-16-11-10-12-17-28/h10-12,15-17,20-24,31-32,38,48H,2-9,13-14,18-19,25-26H2,1H3,(H,39,43)(H,41,42)(H,44,45)(H,46,47)/t31-,32+,37+/m1/s1. The highest BCUT2D eigenvalue weighted by molar-refractivity contribution is 5.94. The van der Waals surface area contributed by atoms with Gasteiger partial charge >= 0.3 is 17.9 Å². The Morgan fingerprint density at radius 3 is 1.92 bits per heavy atom. The number of aliphatic hydroxyl groups is 1. The summed E-state index contributed by atoms with van der Waals surface area (Å²) in [5.74, 6) is -7.67. The average molecular weight is 667 g/mol. The van der Waals surface area contributed by atoms with Crippen molar-refractivity contribution in [1.82, 2.24) is 5.32 Å². The highest BCUT2D eigenvalue weighted by atomic mass is 16.4. The number of para-hydroxylation sites is 1. The Balaban J connectivity index is 2.00. The lowest BCUT2D eigenvalue weighted by Gasteiger charge is -2.29. The maximum atomic E-state index is 13.4. The molecule has 11 nitrogen and oxygen atoms in total. The van der Waals surface area contributed by atoms with E-state index in [1.807, 2.05) is 30.3 Å². The van der Waals surface area contributed by atoms with Crippen LogP contribution in [0, 0.1) is 5.92 Å². The fourth-order valence-corrected chi connectivity index (χ4v) is 5.34. The molecule has 3 atom stereocenters. The summed E-state index contributed by atoms with van der Waals surface area (Å²) in [7, 11) is 0. The molecule has 0 aliphatic carbocycles.